The Bertz CT molecular complexity index is 1180. The second-order valence-electron chi connectivity index (χ2n) is 7.36. The van der Waals surface area contributed by atoms with Crippen LogP contribution in [0, 0.1) is 5.82 Å². The van der Waals surface area contributed by atoms with Crippen LogP contribution in [0.25, 0.3) is 0 Å². The lowest BCUT2D eigenvalue weighted by molar-refractivity contribution is 0.171. The Balaban J connectivity index is 1.32. The molecule has 2 heterocycles. The minimum Gasteiger partial charge on any atom is -0.486 e. The summed E-state index contributed by atoms with van der Waals surface area (Å²) in [4.78, 5) is 1.77. The fourth-order valence-corrected chi connectivity index (χ4v) is 6.14. The van der Waals surface area contributed by atoms with Crippen LogP contribution in [0.2, 0.25) is 0 Å². The largest absolute Gasteiger partial charge is 0.486 e. The highest BCUT2D eigenvalue weighted by atomic mass is 32.2. The molecule has 0 unspecified atom stereocenters. The van der Waals surface area contributed by atoms with Crippen LogP contribution in [0.5, 0.6) is 11.5 Å². The summed E-state index contributed by atoms with van der Waals surface area (Å²) in [6.07, 6.45) is 0. The van der Waals surface area contributed by atoms with Gasteiger partial charge in [0.25, 0.3) is 0 Å². The summed E-state index contributed by atoms with van der Waals surface area (Å²) >= 11 is 0. The molecule has 1 fully saturated rings. The highest BCUT2D eigenvalue weighted by Gasteiger charge is 2.28. The van der Waals surface area contributed by atoms with Crippen LogP contribution in [0.15, 0.2) is 47.4 Å². The average molecular weight is 486 g/mol. The third-order valence-corrected chi connectivity index (χ3v) is 8.63. The number of hydrogen-bond donors (Lipinski definition) is 1. The van der Waals surface area contributed by atoms with Crippen LogP contribution >= 0.6 is 0 Å². The first kappa shape index (κ1) is 22.8. The van der Waals surface area contributed by atoms with E-state index in [0.717, 1.165) is 0 Å². The Labute approximate surface area is 186 Å². The van der Waals surface area contributed by atoms with Gasteiger partial charge in [0.2, 0.25) is 20.0 Å². The van der Waals surface area contributed by atoms with Gasteiger partial charge in [0, 0.05) is 38.8 Å². The number of nitrogens with zero attached hydrogens (tertiary/aromatic N) is 2. The van der Waals surface area contributed by atoms with E-state index in [4.69, 9.17) is 9.47 Å². The molecule has 0 bridgehead atoms. The molecular weight excluding hydrogens is 461 g/mol. The van der Waals surface area contributed by atoms with Gasteiger partial charge in [-0.25, -0.2) is 25.9 Å². The van der Waals surface area contributed by atoms with Crippen molar-refractivity contribution < 1.29 is 30.7 Å². The summed E-state index contributed by atoms with van der Waals surface area (Å²) in [7, 11) is -7.59. The van der Waals surface area contributed by atoms with Gasteiger partial charge in [0.1, 0.15) is 19.0 Å². The molecule has 1 saturated heterocycles. The van der Waals surface area contributed by atoms with E-state index in [1.807, 2.05) is 0 Å². The molecule has 9 nitrogen and oxygen atoms in total. The maximum atomic E-state index is 14.0. The van der Waals surface area contributed by atoms with Gasteiger partial charge < -0.3 is 14.4 Å². The predicted molar refractivity (Wildman–Crippen MR) is 117 cm³/mol. The third-order valence-electron chi connectivity index (χ3n) is 5.30. The maximum Gasteiger partial charge on any atom is 0.240 e. The third kappa shape index (κ3) is 4.98. The number of hydrogen-bond acceptors (Lipinski definition) is 7. The Kier molecular flexibility index (Phi) is 6.56. The summed E-state index contributed by atoms with van der Waals surface area (Å²) in [6, 6.07) is 10.6. The van der Waals surface area contributed by atoms with E-state index < -0.39 is 20.0 Å². The lowest BCUT2D eigenvalue weighted by Crippen LogP contribution is -2.50. The molecule has 0 aliphatic carbocycles. The van der Waals surface area contributed by atoms with Crippen molar-refractivity contribution >= 4 is 25.7 Å². The van der Waals surface area contributed by atoms with Gasteiger partial charge in [-0.3, -0.25) is 0 Å². The molecule has 32 heavy (non-hydrogen) atoms. The van der Waals surface area contributed by atoms with Gasteiger partial charge in [0.15, 0.2) is 11.5 Å². The number of anilines is 1. The summed E-state index contributed by atoms with van der Waals surface area (Å²) < 4.78 is 78.8. The van der Waals surface area contributed by atoms with Crippen molar-refractivity contribution in [2.75, 3.05) is 56.6 Å². The lowest BCUT2D eigenvalue weighted by Gasteiger charge is -2.35. The molecule has 2 aromatic rings. The molecule has 0 aromatic heterocycles. The average Bonchev–Trinajstić information content (AvgIpc) is 2.79. The van der Waals surface area contributed by atoms with Gasteiger partial charge in [-0.2, -0.15) is 4.31 Å². The smallest absolute Gasteiger partial charge is 0.240 e. The first-order chi connectivity index (χ1) is 15.3. The number of rotatable bonds is 7. The Hall–Kier alpha value is -2.41. The molecule has 2 aromatic carbocycles. The van der Waals surface area contributed by atoms with Crippen LogP contribution in [-0.4, -0.2) is 72.8 Å². The predicted octanol–water partition coefficient (Wildman–Crippen LogP) is 1.03. The number of para-hydroxylation sites is 1. The molecule has 0 saturated carbocycles. The topological polar surface area (TPSA) is 105 Å². The van der Waals surface area contributed by atoms with Crippen molar-refractivity contribution in [3.05, 3.63) is 48.3 Å². The minimum absolute atomic E-state index is 0.0300. The normalized spacial score (nSPS) is 17.3. The molecule has 0 atom stereocenters. The lowest BCUT2D eigenvalue weighted by atomic mass is 10.2. The van der Waals surface area contributed by atoms with E-state index >= 15 is 0 Å². The second-order valence-corrected chi connectivity index (χ2v) is 11.2. The van der Waals surface area contributed by atoms with E-state index in [2.05, 4.69) is 4.72 Å². The van der Waals surface area contributed by atoms with Gasteiger partial charge in [-0.15, -0.1) is 0 Å². The standard InChI is InChI=1S/C20H24FN3O6S2/c21-17-3-1-2-4-18(17)23-8-10-24(11-9-23)31(25,26)14-7-22-32(27,28)16-5-6-19-20(15-16)30-13-12-29-19/h1-6,15,22H,7-14H2. The van der Waals surface area contributed by atoms with Crippen LogP contribution in [-0.2, 0) is 20.0 Å². The summed E-state index contributed by atoms with van der Waals surface area (Å²) in [5.74, 6) is 0.0698. The number of benzene rings is 2. The molecular formula is C20H24FN3O6S2. The molecule has 0 radical (unpaired) electrons. The zero-order valence-electron chi connectivity index (χ0n) is 17.2. The van der Waals surface area contributed by atoms with Crippen LogP contribution in [0.1, 0.15) is 0 Å². The summed E-state index contributed by atoms with van der Waals surface area (Å²) in [5, 5.41) is 0. The van der Waals surface area contributed by atoms with Gasteiger partial charge in [-0.05, 0) is 24.3 Å². The Morgan fingerprint density at radius 2 is 1.59 bits per heavy atom. The second kappa shape index (κ2) is 9.22. The van der Waals surface area contributed by atoms with Crippen LogP contribution in [0.4, 0.5) is 10.1 Å². The fraction of sp³-hybridized carbons (Fsp3) is 0.400. The first-order valence-electron chi connectivity index (χ1n) is 10.1. The van der Waals surface area contributed by atoms with Crippen molar-refractivity contribution in [2.45, 2.75) is 4.90 Å². The molecule has 2 aliphatic rings. The summed E-state index contributed by atoms with van der Waals surface area (Å²) in [5.41, 5.74) is 0.441. The van der Waals surface area contributed by atoms with E-state index in [1.54, 1.807) is 23.1 Å². The molecule has 0 amide bonds. The van der Waals surface area contributed by atoms with Crippen molar-refractivity contribution in [2.24, 2.45) is 0 Å². The first-order valence-corrected chi connectivity index (χ1v) is 13.2. The Morgan fingerprint density at radius 3 is 2.31 bits per heavy atom. The van der Waals surface area contributed by atoms with Crippen LogP contribution < -0.4 is 19.1 Å². The van der Waals surface area contributed by atoms with Crippen LogP contribution in [0.3, 0.4) is 0 Å². The SMILES string of the molecule is O=S(=O)(NCCS(=O)(=O)N1CCN(c2ccccc2F)CC1)c1ccc2c(c1)OCCO2. The number of piperazine rings is 1. The molecule has 2 aliphatic heterocycles. The summed E-state index contributed by atoms with van der Waals surface area (Å²) in [6.45, 7) is 1.55. The number of ether oxygens (including phenoxy) is 2. The van der Waals surface area contributed by atoms with Crippen molar-refractivity contribution in [3.63, 3.8) is 0 Å². The number of halogens is 1. The van der Waals surface area contributed by atoms with Gasteiger partial charge in [0.05, 0.1) is 16.3 Å². The molecule has 4 rings (SSSR count). The zero-order chi connectivity index (χ0) is 22.8. The molecule has 0 spiro atoms. The quantitative estimate of drug-likeness (QED) is 0.625. The van der Waals surface area contributed by atoms with E-state index in [1.165, 1.54) is 28.6 Å². The molecule has 12 heteroatoms. The van der Waals surface area contributed by atoms with E-state index in [0.29, 0.717) is 43.5 Å². The van der Waals surface area contributed by atoms with E-state index in [9.17, 15) is 21.2 Å². The van der Waals surface area contributed by atoms with Crippen molar-refractivity contribution in [3.8, 4) is 11.5 Å². The number of fused-ring (bicyclic) bond motifs is 1. The van der Waals surface area contributed by atoms with E-state index in [-0.39, 0.29) is 36.1 Å². The highest BCUT2D eigenvalue weighted by molar-refractivity contribution is 7.90. The zero-order valence-corrected chi connectivity index (χ0v) is 18.9. The fourth-order valence-electron chi connectivity index (χ4n) is 3.62. The van der Waals surface area contributed by atoms with Crippen molar-refractivity contribution in [1.82, 2.24) is 9.03 Å². The van der Waals surface area contributed by atoms with Gasteiger partial charge >= 0.3 is 0 Å². The molecule has 174 valence electrons. The monoisotopic (exact) mass is 485 g/mol. The van der Waals surface area contributed by atoms with Crippen molar-refractivity contribution in [1.29, 1.82) is 0 Å². The highest BCUT2D eigenvalue weighted by Crippen LogP contribution is 2.32. The molecule has 1 N–H and O–H groups in total. The Morgan fingerprint density at radius 1 is 0.906 bits per heavy atom. The number of nitrogens with one attached hydrogen (secondary N) is 1. The van der Waals surface area contributed by atoms with Gasteiger partial charge in [-0.1, -0.05) is 12.1 Å². The number of sulfonamides is 2. The maximum absolute atomic E-state index is 14.0. The minimum atomic E-state index is -3.91.